The van der Waals surface area contributed by atoms with E-state index in [1.54, 1.807) is 12.1 Å². The summed E-state index contributed by atoms with van der Waals surface area (Å²) in [5.41, 5.74) is 13.8. The van der Waals surface area contributed by atoms with Crippen LogP contribution in [0, 0.1) is 0 Å². The Morgan fingerprint density at radius 3 is 2.81 bits per heavy atom. The molecule has 5 heteroatoms. The summed E-state index contributed by atoms with van der Waals surface area (Å²) in [5, 5.41) is 0. The SMILES string of the molecule is NC(=O)c1cc(N2CCCOc3ccccc32)ccc1N. The van der Waals surface area contributed by atoms with Gasteiger partial charge >= 0.3 is 0 Å². The first-order chi connectivity index (χ1) is 10.2. The molecule has 0 saturated heterocycles. The molecule has 2 aromatic carbocycles. The minimum absolute atomic E-state index is 0.343. The maximum Gasteiger partial charge on any atom is 0.250 e. The number of hydrogen-bond donors (Lipinski definition) is 2. The van der Waals surface area contributed by atoms with Crippen LogP contribution in [0.2, 0.25) is 0 Å². The van der Waals surface area contributed by atoms with E-state index in [4.69, 9.17) is 16.2 Å². The van der Waals surface area contributed by atoms with E-state index in [9.17, 15) is 4.79 Å². The van der Waals surface area contributed by atoms with Gasteiger partial charge in [0.15, 0.2) is 0 Å². The number of primary amides is 1. The van der Waals surface area contributed by atoms with Gasteiger partial charge in [0.05, 0.1) is 17.9 Å². The largest absolute Gasteiger partial charge is 0.491 e. The second kappa shape index (κ2) is 5.36. The van der Waals surface area contributed by atoms with Crippen LogP contribution < -0.4 is 21.1 Å². The van der Waals surface area contributed by atoms with E-state index in [1.807, 2.05) is 30.3 Å². The molecule has 1 heterocycles. The molecule has 0 radical (unpaired) electrons. The second-order valence-electron chi connectivity index (χ2n) is 4.96. The molecule has 0 aromatic heterocycles. The van der Waals surface area contributed by atoms with Crippen LogP contribution in [0.15, 0.2) is 42.5 Å². The highest BCUT2D eigenvalue weighted by Crippen LogP contribution is 2.36. The highest BCUT2D eigenvalue weighted by Gasteiger charge is 2.18. The number of nitrogens with zero attached hydrogens (tertiary/aromatic N) is 1. The van der Waals surface area contributed by atoms with E-state index >= 15 is 0 Å². The molecular weight excluding hydrogens is 266 g/mol. The van der Waals surface area contributed by atoms with Crippen molar-refractivity contribution in [1.82, 2.24) is 0 Å². The first-order valence-electron chi connectivity index (χ1n) is 6.85. The number of amides is 1. The Labute approximate surface area is 123 Å². The summed E-state index contributed by atoms with van der Waals surface area (Å²) in [6, 6.07) is 13.2. The van der Waals surface area contributed by atoms with Crippen molar-refractivity contribution < 1.29 is 9.53 Å². The van der Waals surface area contributed by atoms with Crippen molar-refractivity contribution in [2.45, 2.75) is 6.42 Å². The fraction of sp³-hybridized carbons (Fsp3) is 0.188. The van der Waals surface area contributed by atoms with Crippen LogP contribution in [-0.2, 0) is 0 Å². The number of rotatable bonds is 2. The van der Waals surface area contributed by atoms with E-state index in [1.165, 1.54) is 0 Å². The van der Waals surface area contributed by atoms with Crippen LogP contribution in [0.3, 0.4) is 0 Å². The van der Waals surface area contributed by atoms with Crippen LogP contribution in [0.4, 0.5) is 17.1 Å². The standard InChI is InChI=1S/C16H17N3O2/c17-13-7-6-11(10-12(13)16(18)20)19-8-3-9-21-15-5-2-1-4-14(15)19/h1-2,4-7,10H,3,8-9,17H2,(H2,18,20). The van der Waals surface area contributed by atoms with E-state index in [2.05, 4.69) is 4.90 Å². The number of ether oxygens (including phenoxy) is 1. The van der Waals surface area contributed by atoms with E-state index in [0.29, 0.717) is 17.9 Å². The molecule has 0 spiro atoms. The third-order valence-corrected chi connectivity index (χ3v) is 3.55. The Balaban J connectivity index is 2.08. The van der Waals surface area contributed by atoms with Gasteiger partial charge in [0, 0.05) is 17.9 Å². The maximum absolute atomic E-state index is 11.5. The Kier molecular flexibility index (Phi) is 3.39. The van der Waals surface area contributed by atoms with Gasteiger partial charge in [-0.1, -0.05) is 12.1 Å². The van der Waals surface area contributed by atoms with Gasteiger partial charge < -0.3 is 21.1 Å². The topological polar surface area (TPSA) is 81.6 Å². The average Bonchev–Trinajstić information content (AvgIpc) is 2.70. The Morgan fingerprint density at radius 1 is 1.19 bits per heavy atom. The molecule has 1 amide bonds. The number of nitrogens with two attached hydrogens (primary N) is 2. The van der Waals surface area contributed by atoms with Crippen molar-refractivity contribution in [2.24, 2.45) is 5.73 Å². The second-order valence-corrected chi connectivity index (χ2v) is 4.96. The quantitative estimate of drug-likeness (QED) is 0.828. The lowest BCUT2D eigenvalue weighted by Crippen LogP contribution is -2.19. The number of fused-ring (bicyclic) bond motifs is 1. The minimum atomic E-state index is -0.520. The lowest BCUT2D eigenvalue weighted by molar-refractivity contribution is 0.100. The molecule has 1 aliphatic heterocycles. The molecule has 108 valence electrons. The third-order valence-electron chi connectivity index (χ3n) is 3.55. The van der Waals surface area contributed by atoms with Crippen molar-refractivity contribution in [3.63, 3.8) is 0 Å². The van der Waals surface area contributed by atoms with Gasteiger partial charge in [-0.2, -0.15) is 0 Å². The van der Waals surface area contributed by atoms with Crippen molar-refractivity contribution in [1.29, 1.82) is 0 Å². The molecule has 4 N–H and O–H groups in total. The van der Waals surface area contributed by atoms with Crippen LogP contribution in [-0.4, -0.2) is 19.1 Å². The Bertz CT molecular complexity index is 685. The van der Waals surface area contributed by atoms with Gasteiger partial charge in [-0.3, -0.25) is 4.79 Å². The van der Waals surface area contributed by atoms with Gasteiger partial charge in [-0.25, -0.2) is 0 Å². The zero-order chi connectivity index (χ0) is 14.8. The number of carbonyl (C=O) groups excluding carboxylic acids is 1. The monoisotopic (exact) mass is 283 g/mol. The van der Waals surface area contributed by atoms with Gasteiger partial charge in [0.2, 0.25) is 0 Å². The predicted molar refractivity (Wildman–Crippen MR) is 82.9 cm³/mol. The predicted octanol–water partition coefficient (Wildman–Crippen LogP) is 2.29. The molecular formula is C16H17N3O2. The smallest absolute Gasteiger partial charge is 0.250 e. The zero-order valence-corrected chi connectivity index (χ0v) is 11.6. The summed E-state index contributed by atoms with van der Waals surface area (Å²) < 4.78 is 5.74. The van der Waals surface area contributed by atoms with Crippen LogP contribution in [0.1, 0.15) is 16.8 Å². The highest BCUT2D eigenvalue weighted by atomic mass is 16.5. The van der Waals surface area contributed by atoms with E-state index < -0.39 is 5.91 Å². The average molecular weight is 283 g/mol. The fourth-order valence-electron chi connectivity index (χ4n) is 2.52. The summed E-state index contributed by atoms with van der Waals surface area (Å²) in [5.74, 6) is 0.321. The zero-order valence-electron chi connectivity index (χ0n) is 11.6. The molecule has 5 nitrogen and oxygen atoms in total. The molecule has 0 bridgehead atoms. The summed E-state index contributed by atoms with van der Waals surface area (Å²) in [7, 11) is 0. The number of nitrogen functional groups attached to an aromatic ring is 1. The summed E-state index contributed by atoms with van der Waals surface area (Å²) in [6.07, 6.45) is 0.894. The van der Waals surface area contributed by atoms with Crippen molar-refractivity contribution in [3.05, 3.63) is 48.0 Å². The van der Waals surface area contributed by atoms with Gasteiger partial charge in [0.25, 0.3) is 5.91 Å². The van der Waals surface area contributed by atoms with Gasteiger partial charge in [-0.05, 0) is 36.8 Å². The Morgan fingerprint density at radius 2 is 2.00 bits per heavy atom. The van der Waals surface area contributed by atoms with E-state index in [-0.39, 0.29) is 0 Å². The lowest BCUT2D eigenvalue weighted by Gasteiger charge is -2.24. The fourth-order valence-corrected chi connectivity index (χ4v) is 2.52. The van der Waals surface area contributed by atoms with Crippen LogP contribution >= 0.6 is 0 Å². The molecule has 21 heavy (non-hydrogen) atoms. The number of anilines is 3. The number of para-hydroxylation sites is 2. The van der Waals surface area contributed by atoms with Crippen LogP contribution in [0.25, 0.3) is 0 Å². The van der Waals surface area contributed by atoms with Crippen molar-refractivity contribution in [2.75, 3.05) is 23.8 Å². The number of carbonyl (C=O) groups is 1. The van der Waals surface area contributed by atoms with Gasteiger partial charge in [-0.15, -0.1) is 0 Å². The molecule has 2 aromatic rings. The molecule has 0 aliphatic carbocycles. The molecule has 0 fully saturated rings. The van der Waals surface area contributed by atoms with Crippen molar-refractivity contribution >= 4 is 23.0 Å². The number of hydrogen-bond acceptors (Lipinski definition) is 4. The summed E-state index contributed by atoms with van der Waals surface area (Å²) >= 11 is 0. The summed E-state index contributed by atoms with van der Waals surface area (Å²) in [4.78, 5) is 13.6. The molecule has 0 saturated carbocycles. The first kappa shape index (κ1) is 13.3. The first-order valence-corrected chi connectivity index (χ1v) is 6.85. The minimum Gasteiger partial charge on any atom is -0.491 e. The summed E-state index contributed by atoms with van der Waals surface area (Å²) in [6.45, 7) is 1.48. The van der Waals surface area contributed by atoms with Crippen LogP contribution in [0.5, 0.6) is 5.75 Å². The van der Waals surface area contributed by atoms with Gasteiger partial charge in [0.1, 0.15) is 5.75 Å². The maximum atomic E-state index is 11.5. The highest BCUT2D eigenvalue weighted by molar-refractivity contribution is 5.99. The number of benzene rings is 2. The molecule has 3 rings (SSSR count). The van der Waals surface area contributed by atoms with E-state index in [0.717, 1.165) is 30.1 Å². The van der Waals surface area contributed by atoms with Crippen molar-refractivity contribution in [3.8, 4) is 5.75 Å². The molecule has 1 aliphatic rings. The molecule has 0 unspecified atom stereocenters. The lowest BCUT2D eigenvalue weighted by atomic mass is 10.1. The third kappa shape index (κ3) is 2.50. The normalized spacial score (nSPS) is 14.0. The molecule has 0 atom stereocenters. The Hall–Kier alpha value is -2.69.